The van der Waals surface area contributed by atoms with Crippen molar-refractivity contribution in [3.05, 3.63) is 70.8 Å². The van der Waals surface area contributed by atoms with E-state index < -0.39 is 26.9 Å². The van der Waals surface area contributed by atoms with Gasteiger partial charge in [-0.3, -0.25) is 4.79 Å². The first-order chi connectivity index (χ1) is 12.2. The van der Waals surface area contributed by atoms with Crippen molar-refractivity contribution in [2.75, 3.05) is 0 Å². The molecule has 1 aliphatic heterocycles. The predicted molar refractivity (Wildman–Crippen MR) is 97.2 cm³/mol. The van der Waals surface area contributed by atoms with Crippen molar-refractivity contribution in [3.63, 3.8) is 0 Å². The van der Waals surface area contributed by atoms with Crippen LogP contribution < -0.4 is 0 Å². The van der Waals surface area contributed by atoms with E-state index in [4.69, 9.17) is 16.3 Å². The highest BCUT2D eigenvalue weighted by Gasteiger charge is 2.58. The molecule has 0 N–H and O–H groups in total. The number of hydrogen-bond acceptors (Lipinski definition) is 4. The number of benzene rings is 2. The molecule has 4 nitrogen and oxygen atoms in total. The Labute approximate surface area is 156 Å². The molecule has 0 aliphatic carbocycles. The molecule has 7 heteroatoms. The Bertz CT molecular complexity index is 969. The summed E-state index contributed by atoms with van der Waals surface area (Å²) in [6.07, 6.45) is 0.805. The summed E-state index contributed by atoms with van der Waals surface area (Å²) >= 11 is 5.83. The Morgan fingerprint density at radius 2 is 1.88 bits per heavy atom. The average Bonchev–Trinajstić information content (AvgIpc) is 2.80. The summed E-state index contributed by atoms with van der Waals surface area (Å²) in [6.45, 7) is 1.11. The first-order valence-corrected chi connectivity index (χ1v) is 9.72. The second kappa shape index (κ2) is 6.85. The maximum absolute atomic E-state index is 15.7. The molecule has 0 aromatic heterocycles. The molecule has 1 aliphatic rings. The molecule has 0 saturated heterocycles. The third-order valence-electron chi connectivity index (χ3n) is 4.19. The van der Waals surface area contributed by atoms with Gasteiger partial charge in [-0.2, -0.15) is 0 Å². The summed E-state index contributed by atoms with van der Waals surface area (Å²) in [5.74, 6) is -0.765. The van der Waals surface area contributed by atoms with Gasteiger partial charge >= 0.3 is 5.97 Å². The quantitative estimate of drug-likeness (QED) is 0.736. The lowest BCUT2D eigenvalue weighted by molar-refractivity contribution is -0.147. The van der Waals surface area contributed by atoms with Crippen molar-refractivity contribution in [1.29, 1.82) is 0 Å². The number of halogens is 2. The molecule has 0 spiro atoms. The number of alkyl halides is 1. The summed E-state index contributed by atoms with van der Waals surface area (Å²) in [7, 11) is -4.32. The highest BCUT2D eigenvalue weighted by molar-refractivity contribution is 7.93. The van der Waals surface area contributed by atoms with Crippen LogP contribution in [0.5, 0.6) is 0 Å². The lowest BCUT2D eigenvalue weighted by atomic mass is 10.0. The smallest absolute Gasteiger partial charge is 0.303 e. The molecule has 0 radical (unpaired) electrons. The Kier molecular flexibility index (Phi) is 4.90. The summed E-state index contributed by atoms with van der Waals surface area (Å²) in [4.78, 5) is 11.4. The van der Waals surface area contributed by atoms with Gasteiger partial charge in [0.15, 0.2) is 6.10 Å². The monoisotopic (exact) mass is 394 g/mol. The summed E-state index contributed by atoms with van der Waals surface area (Å²) in [5, 5.41) is -2.22. The second-order valence-electron chi connectivity index (χ2n) is 6.01. The fourth-order valence-electron chi connectivity index (χ4n) is 2.93. The largest absolute Gasteiger partial charge is 0.454 e. The van der Waals surface area contributed by atoms with Crippen LogP contribution in [0.15, 0.2) is 59.5 Å². The molecule has 0 saturated carbocycles. The fourth-order valence-corrected chi connectivity index (χ4v) is 4.94. The van der Waals surface area contributed by atoms with Crippen LogP contribution in [0.25, 0.3) is 6.08 Å². The van der Waals surface area contributed by atoms with Crippen LogP contribution in [-0.4, -0.2) is 25.5 Å². The minimum atomic E-state index is -4.32. The Balaban J connectivity index is 2.00. The minimum absolute atomic E-state index is 0.0699. The van der Waals surface area contributed by atoms with E-state index in [0.29, 0.717) is 16.1 Å². The van der Waals surface area contributed by atoms with Gasteiger partial charge in [-0.25, -0.2) is 12.8 Å². The van der Waals surface area contributed by atoms with Gasteiger partial charge in [-0.15, -0.1) is 0 Å². The summed E-state index contributed by atoms with van der Waals surface area (Å²) < 4.78 is 46.3. The fraction of sp³-hybridized carbons (Fsp3) is 0.211. The number of sulfone groups is 1. The third kappa shape index (κ3) is 3.27. The molecule has 1 heterocycles. The van der Waals surface area contributed by atoms with Gasteiger partial charge in [0.1, 0.15) is 0 Å². The van der Waals surface area contributed by atoms with E-state index in [2.05, 4.69) is 0 Å². The molecule has 2 aromatic rings. The van der Waals surface area contributed by atoms with Crippen LogP contribution in [0.3, 0.4) is 0 Å². The van der Waals surface area contributed by atoms with Gasteiger partial charge in [0, 0.05) is 18.4 Å². The van der Waals surface area contributed by atoms with Gasteiger partial charge in [0.2, 0.25) is 9.84 Å². The van der Waals surface area contributed by atoms with Crippen molar-refractivity contribution in [1.82, 2.24) is 0 Å². The van der Waals surface area contributed by atoms with E-state index in [9.17, 15) is 13.2 Å². The molecule has 0 amide bonds. The van der Waals surface area contributed by atoms with Crippen molar-refractivity contribution < 1.29 is 22.3 Å². The molecular formula is C19H16ClFO4S. The van der Waals surface area contributed by atoms with Crippen LogP contribution in [0, 0.1) is 0 Å². The standard InChI is InChI=1S/C19H16ClFO4S/c1-13(22)25-18(11-8-14-6-9-16(20)10-7-14)19(21)12-15-4-2-3-5-17(15)26(19,23)24/h2-11,18H,12H2,1H3/b11-8+. The third-order valence-corrected chi connectivity index (χ3v) is 6.69. The molecule has 2 unspecified atom stereocenters. The normalized spacial score (nSPS) is 22.1. The van der Waals surface area contributed by atoms with Gasteiger partial charge in [0.25, 0.3) is 5.00 Å². The molecular weight excluding hydrogens is 379 g/mol. The summed E-state index contributed by atoms with van der Waals surface area (Å²) in [6, 6.07) is 12.8. The van der Waals surface area contributed by atoms with Crippen LogP contribution in [0.2, 0.25) is 5.02 Å². The number of hydrogen-bond donors (Lipinski definition) is 0. The van der Waals surface area contributed by atoms with Crippen LogP contribution in [-0.2, 0) is 25.8 Å². The average molecular weight is 395 g/mol. The molecule has 2 atom stereocenters. The first-order valence-electron chi connectivity index (χ1n) is 7.86. The number of ether oxygens (including phenoxy) is 1. The number of rotatable bonds is 4. The van der Waals surface area contributed by atoms with Crippen LogP contribution in [0.4, 0.5) is 4.39 Å². The zero-order valence-electron chi connectivity index (χ0n) is 13.9. The van der Waals surface area contributed by atoms with E-state index in [1.54, 1.807) is 36.4 Å². The second-order valence-corrected chi connectivity index (χ2v) is 8.58. The van der Waals surface area contributed by atoms with Crippen molar-refractivity contribution in [2.24, 2.45) is 0 Å². The summed E-state index contributed by atoms with van der Waals surface area (Å²) in [5.41, 5.74) is 1.04. The molecule has 0 bridgehead atoms. The van der Waals surface area contributed by atoms with E-state index in [-0.39, 0.29) is 11.3 Å². The number of carbonyl (C=O) groups excluding carboxylic acids is 1. The highest BCUT2D eigenvalue weighted by Crippen LogP contribution is 2.44. The lowest BCUT2D eigenvalue weighted by Crippen LogP contribution is -2.44. The maximum Gasteiger partial charge on any atom is 0.303 e. The van der Waals surface area contributed by atoms with Crippen LogP contribution >= 0.6 is 11.6 Å². The minimum Gasteiger partial charge on any atom is -0.454 e. The van der Waals surface area contributed by atoms with Crippen molar-refractivity contribution in [2.45, 2.75) is 29.3 Å². The Morgan fingerprint density at radius 1 is 1.23 bits per heavy atom. The highest BCUT2D eigenvalue weighted by atomic mass is 35.5. The van der Waals surface area contributed by atoms with Crippen molar-refractivity contribution in [3.8, 4) is 0 Å². The SMILES string of the molecule is CC(=O)OC(/C=C/c1ccc(Cl)cc1)C1(F)Cc2ccccc2S1(=O)=O. The Hall–Kier alpha value is -2.18. The molecule has 2 aromatic carbocycles. The van der Waals surface area contributed by atoms with Crippen molar-refractivity contribution >= 4 is 33.5 Å². The van der Waals surface area contributed by atoms with E-state index in [0.717, 1.165) is 6.92 Å². The lowest BCUT2D eigenvalue weighted by Gasteiger charge is -2.26. The Morgan fingerprint density at radius 3 is 2.50 bits per heavy atom. The van der Waals surface area contributed by atoms with E-state index in [1.165, 1.54) is 24.3 Å². The molecule has 26 heavy (non-hydrogen) atoms. The zero-order valence-corrected chi connectivity index (χ0v) is 15.4. The van der Waals surface area contributed by atoms with E-state index >= 15 is 4.39 Å². The molecule has 0 fully saturated rings. The number of esters is 1. The number of carbonyl (C=O) groups is 1. The maximum atomic E-state index is 15.7. The first kappa shape index (κ1) is 18.6. The molecule has 3 rings (SSSR count). The van der Waals surface area contributed by atoms with Crippen LogP contribution in [0.1, 0.15) is 18.1 Å². The van der Waals surface area contributed by atoms with Gasteiger partial charge in [-0.05, 0) is 35.4 Å². The zero-order chi connectivity index (χ0) is 18.9. The van der Waals surface area contributed by atoms with Gasteiger partial charge < -0.3 is 4.74 Å². The predicted octanol–water partition coefficient (Wildman–Crippen LogP) is 3.98. The topological polar surface area (TPSA) is 60.4 Å². The van der Waals surface area contributed by atoms with E-state index in [1.807, 2.05) is 0 Å². The molecule has 136 valence electrons. The number of fused-ring (bicyclic) bond motifs is 1. The van der Waals surface area contributed by atoms with Gasteiger partial charge in [0.05, 0.1) is 4.90 Å². The van der Waals surface area contributed by atoms with Gasteiger partial charge in [-0.1, -0.05) is 48.0 Å².